The average Bonchev–Trinajstić information content (AvgIpc) is 2.93. The summed E-state index contributed by atoms with van der Waals surface area (Å²) in [5.74, 6) is 1.68. The molecule has 1 saturated carbocycles. The largest absolute Gasteiger partial charge is 0.490 e. The molecule has 3 aromatic carbocycles. The molecule has 6 nitrogen and oxygen atoms in total. The number of aromatic nitrogens is 2. The molecule has 1 fully saturated rings. The highest BCUT2D eigenvalue weighted by molar-refractivity contribution is 14.1. The molecule has 0 bridgehead atoms. The quantitative estimate of drug-likeness (QED) is 0.156. The zero-order valence-electron chi connectivity index (χ0n) is 21.2. The number of hydrogen-bond acceptors (Lipinski definition) is 5. The van der Waals surface area contributed by atoms with Crippen LogP contribution >= 0.6 is 22.6 Å². The molecule has 1 aromatic heterocycles. The molecule has 0 spiro atoms. The molecule has 0 saturated heterocycles. The van der Waals surface area contributed by atoms with E-state index in [2.05, 4.69) is 27.7 Å². The standard InChI is InChI=1S/C30H29FIN3O3/c1-2-37-27-17-20(16-25(32)28(27)38-19-22-12-6-8-14-24(22)31)18-33-35-29(21-10-4-3-5-11-21)34-26-15-9-7-13-23(26)30(35)36/h6-9,12-18,21H,2-5,10-11,19H2,1H3. The van der Waals surface area contributed by atoms with Gasteiger partial charge in [-0.25, -0.2) is 9.37 Å². The molecule has 1 heterocycles. The van der Waals surface area contributed by atoms with Crippen LogP contribution in [-0.4, -0.2) is 22.5 Å². The van der Waals surface area contributed by atoms with Gasteiger partial charge in [0.05, 0.1) is 27.3 Å². The third-order valence-corrected chi connectivity index (χ3v) is 7.53. The first-order valence-electron chi connectivity index (χ1n) is 12.9. The van der Waals surface area contributed by atoms with E-state index in [1.54, 1.807) is 30.5 Å². The summed E-state index contributed by atoms with van der Waals surface area (Å²) in [6.07, 6.45) is 7.13. The molecule has 8 heteroatoms. The van der Waals surface area contributed by atoms with Crippen molar-refractivity contribution >= 4 is 39.7 Å². The van der Waals surface area contributed by atoms with Gasteiger partial charge in [-0.3, -0.25) is 4.79 Å². The van der Waals surface area contributed by atoms with Crippen molar-refractivity contribution < 1.29 is 13.9 Å². The number of para-hydroxylation sites is 1. The molecule has 0 amide bonds. The van der Waals surface area contributed by atoms with Crippen LogP contribution in [0.25, 0.3) is 10.9 Å². The van der Waals surface area contributed by atoms with Gasteiger partial charge in [0.2, 0.25) is 0 Å². The Morgan fingerprint density at radius 1 is 1.08 bits per heavy atom. The molecular formula is C30H29FIN3O3. The number of hydrogen-bond donors (Lipinski definition) is 0. The highest BCUT2D eigenvalue weighted by atomic mass is 127. The van der Waals surface area contributed by atoms with Crippen molar-refractivity contribution in [2.75, 3.05) is 6.61 Å². The molecule has 0 atom stereocenters. The van der Waals surface area contributed by atoms with Gasteiger partial charge in [-0.15, -0.1) is 0 Å². The van der Waals surface area contributed by atoms with Crippen LogP contribution in [0.5, 0.6) is 11.5 Å². The van der Waals surface area contributed by atoms with Crippen molar-refractivity contribution in [3.63, 3.8) is 0 Å². The molecule has 4 aromatic rings. The summed E-state index contributed by atoms with van der Waals surface area (Å²) in [4.78, 5) is 18.4. The van der Waals surface area contributed by atoms with E-state index in [-0.39, 0.29) is 23.9 Å². The summed E-state index contributed by atoms with van der Waals surface area (Å²) in [6.45, 7) is 2.41. The van der Waals surface area contributed by atoms with Crippen LogP contribution in [0.3, 0.4) is 0 Å². The van der Waals surface area contributed by atoms with Crippen molar-refractivity contribution in [3.8, 4) is 11.5 Å². The Morgan fingerprint density at radius 3 is 2.63 bits per heavy atom. The van der Waals surface area contributed by atoms with Crippen LogP contribution in [0.4, 0.5) is 4.39 Å². The first-order chi connectivity index (χ1) is 18.5. The van der Waals surface area contributed by atoms with Crippen LogP contribution < -0.4 is 15.0 Å². The maximum absolute atomic E-state index is 14.1. The summed E-state index contributed by atoms with van der Waals surface area (Å²) in [5.41, 5.74) is 1.76. The lowest BCUT2D eigenvalue weighted by molar-refractivity contribution is 0.264. The Labute approximate surface area is 234 Å². The number of rotatable bonds is 8. The maximum Gasteiger partial charge on any atom is 0.282 e. The lowest BCUT2D eigenvalue weighted by Gasteiger charge is -2.22. The molecular weight excluding hydrogens is 596 g/mol. The molecule has 1 aliphatic carbocycles. The first kappa shape index (κ1) is 26.3. The Morgan fingerprint density at radius 2 is 1.84 bits per heavy atom. The van der Waals surface area contributed by atoms with Gasteiger partial charge in [-0.05, 0) is 78.3 Å². The van der Waals surface area contributed by atoms with Gasteiger partial charge in [-0.1, -0.05) is 49.6 Å². The Balaban J connectivity index is 1.50. The molecule has 5 rings (SSSR count). The summed E-state index contributed by atoms with van der Waals surface area (Å²) in [5, 5.41) is 5.19. The fourth-order valence-electron chi connectivity index (χ4n) is 4.83. The van der Waals surface area contributed by atoms with E-state index in [0.29, 0.717) is 40.4 Å². The number of benzene rings is 3. The van der Waals surface area contributed by atoms with E-state index < -0.39 is 0 Å². The van der Waals surface area contributed by atoms with E-state index >= 15 is 0 Å². The molecule has 0 N–H and O–H groups in total. The number of nitrogens with zero attached hydrogens (tertiary/aromatic N) is 3. The smallest absolute Gasteiger partial charge is 0.282 e. The van der Waals surface area contributed by atoms with Gasteiger partial charge in [-0.2, -0.15) is 9.78 Å². The van der Waals surface area contributed by atoms with E-state index in [9.17, 15) is 9.18 Å². The monoisotopic (exact) mass is 625 g/mol. The summed E-state index contributed by atoms with van der Waals surface area (Å²) >= 11 is 2.18. The van der Waals surface area contributed by atoms with Crippen LogP contribution in [0.2, 0.25) is 0 Å². The van der Waals surface area contributed by atoms with E-state index in [4.69, 9.17) is 14.5 Å². The number of fused-ring (bicyclic) bond motifs is 1. The number of ether oxygens (including phenoxy) is 2. The molecule has 1 aliphatic rings. The maximum atomic E-state index is 14.1. The lowest BCUT2D eigenvalue weighted by Crippen LogP contribution is -2.25. The van der Waals surface area contributed by atoms with E-state index in [0.717, 1.165) is 34.8 Å². The molecule has 38 heavy (non-hydrogen) atoms. The van der Waals surface area contributed by atoms with E-state index in [1.807, 2.05) is 37.3 Å². The highest BCUT2D eigenvalue weighted by Gasteiger charge is 2.22. The van der Waals surface area contributed by atoms with Crippen molar-refractivity contribution in [1.29, 1.82) is 0 Å². The third-order valence-electron chi connectivity index (χ3n) is 6.73. The van der Waals surface area contributed by atoms with Crippen LogP contribution in [0, 0.1) is 9.39 Å². The minimum atomic E-state index is -0.313. The molecule has 196 valence electrons. The minimum Gasteiger partial charge on any atom is -0.490 e. The Kier molecular flexibility index (Phi) is 8.36. The van der Waals surface area contributed by atoms with Crippen LogP contribution in [-0.2, 0) is 6.61 Å². The number of halogens is 2. The SMILES string of the molecule is CCOc1cc(C=Nn2c(C3CCCCC3)nc3ccccc3c2=O)cc(I)c1OCc1ccccc1F. The van der Waals surface area contributed by atoms with Crippen LogP contribution in [0.15, 0.2) is 70.6 Å². The fraction of sp³-hybridized carbons (Fsp3) is 0.300. The zero-order chi connectivity index (χ0) is 26.5. The van der Waals surface area contributed by atoms with Crippen molar-refractivity contribution in [2.45, 2.75) is 51.6 Å². The molecule has 0 unspecified atom stereocenters. The van der Waals surface area contributed by atoms with Crippen LogP contribution in [0.1, 0.15) is 61.9 Å². The normalized spacial score (nSPS) is 14.3. The summed E-state index contributed by atoms with van der Waals surface area (Å²) < 4.78 is 28.2. The predicted octanol–water partition coefficient (Wildman–Crippen LogP) is 7.05. The second kappa shape index (κ2) is 12.1. The van der Waals surface area contributed by atoms with Gasteiger partial charge >= 0.3 is 0 Å². The van der Waals surface area contributed by atoms with Gasteiger partial charge in [0.1, 0.15) is 18.2 Å². The molecule has 0 aliphatic heterocycles. The Hall–Kier alpha value is -3.27. The van der Waals surface area contributed by atoms with Crippen molar-refractivity contribution in [3.05, 3.63) is 97.4 Å². The van der Waals surface area contributed by atoms with Crippen molar-refractivity contribution in [1.82, 2.24) is 9.66 Å². The second-order valence-electron chi connectivity index (χ2n) is 9.33. The summed E-state index contributed by atoms with van der Waals surface area (Å²) in [6, 6.07) is 17.7. The van der Waals surface area contributed by atoms with Gasteiger partial charge in [0, 0.05) is 11.5 Å². The van der Waals surface area contributed by atoms with Crippen molar-refractivity contribution in [2.24, 2.45) is 5.10 Å². The lowest BCUT2D eigenvalue weighted by atomic mass is 9.88. The predicted molar refractivity (Wildman–Crippen MR) is 156 cm³/mol. The third kappa shape index (κ3) is 5.75. The molecule has 0 radical (unpaired) electrons. The van der Waals surface area contributed by atoms with Gasteiger partial charge in [0.15, 0.2) is 11.5 Å². The Bertz CT molecular complexity index is 1530. The fourth-order valence-corrected chi connectivity index (χ4v) is 5.61. The van der Waals surface area contributed by atoms with Gasteiger partial charge < -0.3 is 9.47 Å². The average molecular weight is 625 g/mol. The first-order valence-corrected chi connectivity index (χ1v) is 14.0. The zero-order valence-corrected chi connectivity index (χ0v) is 23.4. The van der Waals surface area contributed by atoms with Gasteiger partial charge in [0.25, 0.3) is 5.56 Å². The minimum absolute atomic E-state index is 0.0824. The van der Waals surface area contributed by atoms with E-state index in [1.165, 1.54) is 17.2 Å². The topological polar surface area (TPSA) is 65.7 Å². The summed E-state index contributed by atoms with van der Waals surface area (Å²) in [7, 11) is 0. The highest BCUT2D eigenvalue weighted by Crippen LogP contribution is 2.35. The second-order valence-corrected chi connectivity index (χ2v) is 10.5.